The van der Waals surface area contributed by atoms with Crippen molar-refractivity contribution in [3.05, 3.63) is 45.4 Å². The van der Waals surface area contributed by atoms with Crippen molar-refractivity contribution in [1.82, 2.24) is 9.88 Å². The molecule has 1 atom stereocenters. The molecule has 6 heteroatoms. The number of pyridine rings is 1. The zero-order chi connectivity index (χ0) is 18.5. The van der Waals surface area contributed by atoms with Crippen molar-refractivity contribution in [2.45, 2.75) is 39.3 Å². The van der Waals surface area contributed by atoms with Gasteiger partial charge in [0.25, 0.3) is 0 Å². The van der Waals surface area contributed by atoms with Crippen LogP contribution in [-0.2, 0) is 6.61 Å². The molecule has 2 aromatic heterocycles. The summed E-state index contributed by atoms with van der Waals surface area (Å²) < 4.78 is 0. The molecular weight excluding hydrogens is 346 g/mol. The van der Waals surface area contributed by atoms with Gasteiger partial charge in [0.05, 0.1) is 24.9 Å². The second-order valence-corrected chi connectivity index (χ2v) is 8.01. The van der Waals surface area contributed by atoms with Gasteiger partial charge in [-0.15, -0.1) is 11.3 Å². The number of thiophene rings is 1. The maximum atomic E-state index is 10.3. The molecule has 0 aromatic carbocycles. The van der Waals surface area contributed by atoms with Crippen molar-refractivity contribution in [1.29, 1.82) is 0 Å². The minimum atomic E-state index is -0.166. The molecule has 3 rings (SSSR count). The Morgan fingerprint density at radius 1 is 1.42 bits per heavy atom. The standard InChI is InChI=1S/C20H27N3O2S/c1-14-5-7-23(8-6-14)18(19-4-3-9-26-19)12-21-11-17-16(13-24)10-22-15(2)20(17)25/h3-4,9-11,14,18,24-25H,5-8,12-13H2,1-2H3/t18-/m1/s1. The summed E-state index contributed by atoms with van der Waals surface area (Å²) in [6, 6.07) is 4.53. The first-order chi connectivity index (χ1) is 12.6. The third kappa shape index (κ3) is 4.31. The van der Waals surface area contributed by atoms with E-state index in [1.54, 1.807) is 30.7 Å². The van der Waals surface area contributed by atoms with Gasteiger partial charge in [0.2, 0.25) is 0 Å². The zero-order valence-corrected chi connectivity index (χ0v) is 16.2. The van der Waals surface area contributed by atoms with Gasteiger partial charge >= 0.3 is 0 Å². The van der Waals surface area contributed by atoms with Crippen LogP contribution in [-0.4, -0.2) is 45.9 Å². The maximum absolute atomic E-state index is 10.3. The summed E-state index contributed by atoms with van der Waals surface area (Å²) >= 11 is 1.77. The molecule has 2 aromatic rings. The van der Waals surface area contributed by atoms with E-state index in [9.17, 15) is 10.2 Å². The van der Waals surface area contributed by atoms with Gasteiger partial charge < -0.3 is 10.2 Å². The number of aromatic nitrogens is 1. The highest BCUT2D eigenvalue weighted by atomic mass is 32.1. The van der Waals surface area contributed by atoms with E-state index in [0.29, 0.717) is 23.4 Å². The van der Waals surface area contributed by atoms with Gasteiger partial charge in [-0.3, -0.25) is 14.9 Å². The Morgan fingerprint density at radius 3 is 2.85 bits per heavy atom. The molecule has 0 saturated carbocycles. The quantitative estimate of drug-likeness (QED) is 0.760. The van der Waals surface area contributed by atoms with Crippen LogP contribution in [0.5, 0.6) is 5.75 Å². The lowest BCUT2D eigenvalue weighted by atomic mass is 9.97. The summed E-state index contributed by atoms with van der Waals surface area (Å²) in [7, 11) is 0. The predicted octanol–water partition coefficient (Wildman–Crippen LogP) is 3.54. The Hall–Kier alpha value is -1.76. The average molecular weight is 374 g/mol. The SMILES string of the molecule is Cc1ncc(CO)c(C=NC[C@H](c2cccs2)N2CCC(C)CC2)c1O. The molecule has 1 fully saturated rings. The molecule has 3 heterocycles. The molecule has 0 unspecified atom stereocenters. The van der Waals surface area contributed by atoms with E-state index in [2.05, 4.69) is 39.3 Å². The summed E-state index contributed by atoms with van der Waals surface area (Å²) in [6.45, 7) is 6.74. The number of aliphatic imine (C=N–C) groups is 1. The topological polar surface area (TPSA) is 69.0 Å². The van der Waals surface area contributed by atoms with Crippen LogP contribution in [0.25, 0.3) is 0 Å². The number of likely N-dealkylation sites (tertiary alicyclic amines) is 1. The number of aliphatic hydroxyl groups excluding tert-OH is 1. The third-order valence-electron chi connectivity index (χ3n) is 5.16. The van der Waals surface area contributed by atoms with Gasteiger partial charge in [-0.2, -0.15) is 0 Å². The van der Waals surface area contributed by atoms with Gasteiger partial charge in [0.15, 0.2) is 0 Å². The van der Waals surface area contributed by atoms with Crippen molar-refractivity contribution < 1.29 is 10.2 Å². The van der Waals surface area contributed by atoms with Crippen LogP contribution < -0.4 is 0 Å². The summed E-state index contributed by atoms with van der Waals surface area (Å²) in [5, 5.41) is 21.9. The number of hydrogen-bond acceptors (Lipinski definition) is 6. The van der Waals surface area contributed by atoms with Crippen LogP contribution in [0, 0.1) is 12.8 Å². The predicted molar refractivity (Wildman–Crippen MR) is 106 cm³/mol. The van der Waals surface area contributed by atoms with Crippen LogP contribution in [0.3, 0.4) is 0 Å². The lowest BCUT2D eigenvalue weighted by molar-refractivity contribution is 0.143. The smallest absolute Gasteiger partial charge is 0.145 e. The van der Waals surface area contributed by atoms with E-state index in [0.717, 1.165) is 19.0 Å². The number of piperidine rings is 1. The summed E-state index contributed by atoms with van der Waals surface area (Å²) in [4.78, 5) is 12.6. The molecule has 0 amide bonds. The van der Waals surface area contributed by atoms with Crippen LogP contribution in [0.15, 0.2) is 28.7 Å². The van der Waals surface area contributed by atoms with Gasteiger partial charge in [-0.05, 0) is 50.2 Å². The van der Waals surface area contributed by atoms with E-state index in [1.165, 1.54) is 17.7 Å². The van der Waals surface area contributed by atoms with E-state index in [-0.39, 0.29) is 18.4 Å². The van der Waals surface area contributed by atoms with E-state index in [4.69, 9.17) is 0 Å². The summed E-state index contributed by atoms with van der Waals surface area (Å²) in [5.41, 5.74) is 1.71. The minimum absolute atomic E-state index is 0.0970. The zero-order valence-electron chi connectivity index (χ0n) is 15.4. The summed E-state index contributed by atoms with van der Waals surface area (Å²) in [6.07, 6.45) is 5.73. The van der Waals surface area contributed by atoms with Crippen molar-refractivity contribution in [3.8, 4) is 5.75 Å². The normalized spacial score (nSPS) is 17.8. The molecule has 0 spiro atoms. The number of rotatable bonds is 6. The average Bonchev–Trinajstić information content (AvgIpc) is 3.17. The van der Waals surface area contributed by atoms with Crippen LogP contribution >= 0.6 is 11.3 Å². The number of hydrogen-bond donors (Lipinski definition) is 2. The monoisotopic (exact) mass is 373 g/mol. The minimum Gasteiger partial charge on any atom is -0.505 e. The molecule has 2 N–H and O–H groups in total. The van der Waals surface area contributed by atoms with Crippen molar-refractivity contribution in [2.24, 2.45) is 10.9 Å². The lowest BCUT2D eigenvalue weighted by Gasteiger charge is -2.35. The molecule has 1 saturated heterocycles. The molecule has 0 radical (unpaired) electrons. The van der Waals surface area contributed by atoms with Crippen molar-refractivity contribution in [3.63, 3.8) is 0 Å². The number of aryl methyl sites for hydroxylation is 1. The Bertz CT molecular complexity index is 738. The highest BCUT2D eigenvalue weighted by Gasteiger charge is 2.25. The van der Waals surface area contributed by atoms with Gasteiger partial charge in [-0.1, -0.05) is 13.0 Å². The Kier molecular flexibility index (Phi) is 6.40. The van der Waals surface area contributed by atoms with Crippen LogP contribution in [0.2, 0.25) is 0 Å². The fraction of sp³-hybridized carbons (Fsp3) is 0.500. The third-order valence-corrected chi connectivity index (χ3v) is 6.13. The highest BCUT2D eigenvalue weighted by molar-refractivity contribution is 7.10. The first-order valence-electron chi connectivity index (χ1n) is 9.15. The Balaban J connectivity index is 1.78. The summed E-state index contributed by atoms with van der Waals surface area (Å²) in [5.74, 6) is 0.891. The van der Waals surface area contributed by atoms with E-state index in [1.807, 2.05) is 0 Å². The fourth-order valence-corrected chi connectivity index (χ4v) is 4.22. The van der Waals surface area contributed by atoms with Crippen molar-refractivity contribution in [2.75, 3.05) is 19.6 Å². The fourth-order valence-electron chi connectivity index (χ4n) is 3.37. The molecule has 5 nitrogen and oxygen atoms in total. The largest absolute Gasteiger partial charge is 0.505 e. The van der Waals surface area contributed by atoms with Gasteiger partial charge in [-0.25, -0.2) is 0 Å². The molecular formula is C20H27N3O2S. The maximum Gasteiger partial charge on any atom is 0.145 e. The Morgan fingerprint density at radius 2 is 2.19 bits per heavy atom. The highest BCUT2D eigenvalue weighted by Crippen LogP contribution is 2.30. The van der Waals surface area contributed by atoms with Gasteiger partial charge in [0, 0.05) is 28.4 Å². The second kappa shape index (κ2) is 8.75. The Labute approximate surface area is 159 Å². The molecule has 0 bridgehead atoms. The molecule has 26 heavy (non-hydrogen) atoms. The van der Waals surface area contributed by atoms with Crippen LogP contribution in [0.1, 0.15) is 47.5 Å². The molecule has 1 aliphatic heterocycles. The number of nitrogens with zero attached hydrogens (tertiary/aromatic N) is 3. The van der Waals surface area contributed by atoms with E-state index >= 15 is 0 Å². The first kappa shape index (κ1) is 19.0. The lowest BCUT2D eigenvalue weighted by Crippen LogP contribution is -2.37. The number of aromatic hydroxyl groups is 1. The second-order valence-electron chi connectivity index (χ2n) is 7.03. The van der Waals surface area contributed by atoms with Crippen LogP contribution in [0.4, 0.5) is 0 Å². The van der Waals surface area contributed by atoms with Gasteiger partial charge in [0.1, 0.15) is 5.75 Å². The number of aliphatic hydroxyl groups is 1. The first-order valence-corrected chi connectivity index (χ1v) is 10.0. The van der Waals surface area contributed by atoms with Crippen molar-refractivity contribution >= 4 is 17.6 Å². The van der Waals surface area contributed by atoms with E-state index < -0.39 is 0 Å². The molecule has 140 valence electrons. The molecule has 1 aliphatic rings. The molecule has 0 aliphatic carbocycles.